The molecule has 5 heteroatoms. The first-order chi connectivity index (χ1) is 9.13. The fourth-order valence-corrected chi connectivity index (χ4v) is 2.09. The standard InChI is InChI=1S/C14H26N4O/c1-5-9-18-10-8-15-13(18)11-16-12(4)14(19)17(6-2)7-3/h8,10,12,16H,5-7,9,11H2,1-4H3. The number of rotatable bonds is 8. The second kappa shape index (κ2) is 7.94. The van der Waals surface area contributed by atoms with Gasteiger partial charge in [0.05, 0.1) is 12.6 Å². The van der Waals surface area contributed by atoms with Gasteiger partial charge in [-0.1, -0.05) is 6.92 Å². The first kappa shape index (κ1) is 15.7. The first-order valence-electron chi connectivity index (χ1n) is 7.16. The molecule has 0 aromatic carbocycles. The van der Waals surface area contributed by atoms with Crippen LogP contribution in [0.3, 0.4) is 0 Å². The average Bonchev–Trinajstić information content (AvgIpc) is 2.85. The Hall–Kier alpha value is -1.36. The van der Waals surface area contributed by atoms with Gasteiger partial charge in [-0.15, -0.1) is 0 Å². The van der Waals surface area contributed by atoms with E-state index in [1.807, 2.05) is 38.1 Å². The number of likely N-dealkylation sites (N-methyl/N-ethyl adjacent to an activating group) is 1. The van der Waals surface area contributed by atoms with Crippen molar-refractivity contribution in [2.45, 2.75) is 53.2 Å². The van der Waals surface area contributed by atoms with Gasteiger partial charge in [0.25, 0.3) is 0 Å². The van der Waals surface area contributed by atoms with E-state index in [2.05, 4.69) is 21.8 Å². The van der Waals surface area contributed by atoms with E-state index in [-0.39, 0.29) is 11.9 Å². The Morgan fingerprint density at radius 2 is 2.11 bits per heavy atom. The predicted molar refractivity (Wildman–Crippen MR) is 76.7 cm³/mol. The smallest absolute Gasteiger partial charge is 0.239 e. The zero-order chi connectivity index (χ0) is 14.3. The lowest BCUT2D eigenvalue weighted by Gasteiger charge is -2.23. The number of carbonyl (C=O) groups excluding carboxylic acids is 1. The second-order valence-corrected chi connectivity index (χ2v) is 4.65. The molecule has 0 saturated carbocycles. The molecule has 1 N–H and O–H groups in total. The van der Waals surface area contributed by atoms with Crippen molar-refractivity contribution in [1.29, 1.82) is 0 Å². The number of nitrogens with zero attached hydrogens (tertiary/aromatic N) is 3. The monoisotopic (exact) mass is 266 g/mol. The highest BCUT2D eigenvalue weighted by Gasteiger charge is 2.17. The summed E-state index contributed by atoms with van der Waals surface area (Å²) in [4.78, 5) is 18.3. The molecule has 5 nitrogen and oxygen atoms in total. The molecule has 0 fully saturated rings. The van der Waals surface area contributed by atoms with Gasteiger partial charge in [0.1, 0.15) is 5.82 Å². The summed E-state index contributed by atoms with van der Waals surface area (Å²) >= 11 is 0. The van der Waals surface area contributed by atoms with Crippen LogP contribution in [-0.2, 0) is 17.9 Å². The molecule has 108 valence electrons. The normalized spacial score (nSPS) is 12.4. The molecule has 0 aliphatic heterocycles. The third kappa shape index (κ3) is 4.35. The summed E-state index contributed by atoms with van der Waals surface area (Å²) in [6, 6.07) is -0.174. The van der Waals surface area contributed by atoms with Crippen molar-refractivity contribution in [1.82, 2.24) is 19.8 Å². The first-order valence-corrected chi connectivity index (χ1v) is 7.16. The van der Waals surface area contributed by atoms with Crippen LogP contribution >= 0.6 is 0 Å². The molecule has 0 bridgehead atoms. The minimum atomic E-state index is -0.174. The minimum Gasteiger partial charge on any atom is -0.342 e. The van der Waals surface area contributed by atoms with Crippen LogP contribution in [0.1, 0.15) is 39.9 Å². The molecular formula is C14H26N4O. The van der Waals surface area contributed by atoms with Crippen LogP contribution < -0.4 is 5.32 Å². The molecule has 1 heterocycles. The number of carbonyl (C=O) groups is 1. The summed E-state index contributed by atoms with van der Waals surface area (Å²) in [6.45, 7) is 11.2. The molecule has 1 aromatic heterocycles. The number of hydrogen-bond donors (Lipinski definition) is 1. The summed E-state index contributed by atoms with van der Waals surface area (Å²) in [5, 5.41) is 3.26. The molecule has 0 saturated heterocycles. The van der Waals surface area contributed by atoms with Crippen LogP contribution in [0.25, 0.3) is 0 Å². The lowest BCUT2D eigenvalue weighted by molar-refractivity contribution is -0.132. The summed E-state index contributed by atoms with van der Waals surface area (Å²) in [5.74, 6) is 1.14. The lowest BCUT2D eigenvalue weighted by Crippen LogP contribution is -2.44. The Morgan fingerprint density at radius 1 is 1.42 bits per heavy atom. The van der Waals surface area contributed by atoms with E-state index in [1.165, 1.54) is 0 Å². The van der Waals surface area contributed by atoms with Gasteiger partial charge < -0.3 is 9.47 Å². The van der Waals surface area contributed by atoms with Gasteiger partial charge in [-0.3, -0.25) is 10.1 Å². The van der Waals surface area contributed by atoms with E-state index in [1.54, 1.807) is 0 Å². The van der Waals surface area contributed by atoms with Gasteiger partial charge in [0.15, 0.2) is 0 Å². The third-order valence-electron chi connectivity index (χ3n) is 3.28. The zero-order valence-corrected chi connectivity index (χ0v) is 12.5. The Balaban J connectivity index is 2.51. The van der Waals surface area contributed by atoms with Crippen LogP contribution in [0.5, 0.6) is 0 Å². The molecule has 1 amide bonds. The van der Waals surface area contributed by atoms with Crippen molar-refractivity contribution in [3.05, 3.63) is 18.2 Å². The van der Waals surface area contributed by atoms with E-state index in [0.29, 0.717) is 6.54 Å². The van der Waals surface area contributed by atoms with Gasteiger partial charge in [-0.2, -0.15) is 0 Å². The maximum atomic E-state index is 12.1. The Kier molecular flexibility index (Phi) is 6.56. The number of imidazole rings is 1. The minimum absolute atomic E-state index is 0.151. The largest absolute Gasteiger partial charge is 0.342 e. The van der Waals surface area contributed by atoms with Crippen LogP contribution in [-0.4, -0.2) is 39.5 Å². The highest BCUT2D eigenvalue weighted by Crippen LogP contribution is 2.01. The molecule has 0 aliphatic carbocycles. The van der Waals surface area contributed by atoms with Gasteiger partial charge >= 0.3 is 0 Å². The summed E-state index contributed by atoms with van der Waals surface area (Å²) in [5.41, 5.74) is 0. The van der Waals surface area contributed by atoms with Crippen LogP contribution in [0, 0.1) is 0 Å². The molecule has 19 heavy (non-hydrogen) atoms. The van der Waals surface area contributed by atoms with Crippen molar-refractivity contribution in [3.63, 3.8) is 0 Å². The third-order valence-corrected chi connectivity index (χ3v) is 3.28. The van der Waals surface area contributed by atoms with Crippen LogP contribution in [0.15, 0.2) is 12.4 Å². The van der Waals surface area contributed by atoms with Crippen molar-refractivity contribution in [3.8, 4) is 0 Å². The summed E-state index contributed by atoms with van der Waals surface area (Å²) in [6.07, 6.45) is 4.87. The number of amides is 1. The Morgan fingerprint density at radius 3 is 2.68 bits per heavy atom. The molecule has 1 rings (SSSR count). The van der Waals surface area contributed by atoms with Crippen molar-refractivity contribution >= 4 is 5.91 Å². The SMILES string of the molecule is CCCn1ccnc1CNC(C)C(=O)N(CC)CC. The van der Waals surface area contributed by atoms with Gasteiger partial charge in [-0.25, -0.2) is 4.98 Å². The second-order valence-electron chi connectivity index (χ2n) is 4.65. The number of hydrogen-bond acceptors (Lipinski definition) is 3. The summed E-state index contributed by atoms with van der Waals surface area (Å²) < 4.78 is 2.13. The highest BCUT2D eigenvalue weighted by molar-refractivity contribution is 5.81. The number of aryl methyl sites for hydroxylation is 1. The van der Waals surface area contributed by atoms with E-state index >= 15 is 0 Å². The van der Waals surface area contributed by atoms with Crippen LogP contribution in [0.2, 0.25) is 0 Å². The van der Waals surface area contributed by atoms with Crippen molar-refractivity contribution in [2.24, 2.45) is 0 Å². The molecule has 1 aromatic rings. The molecule has 1 atom stereocenters. The Bertz CT molecular complexity index is 385. The van der Waals surface area contributed by atoms with Gasteiger partial charge in [-0.05, 0) is 27.2 Å². The molecular weight excluding hydrogens is 240 g/mol. The van der Waals surface area contributed by atoms with Crippen LogP contribution in [0.4, 0.5) is 0 Å². The fraction of sp³-hybridized carbons (Fsp3) is 0.714. The topological polar surface area (TPSA) is 50.2 Å². The molecule has 0 radical (unpaired) electrons. The number of aromatic nitrogens is 2. The molecule has 0 spiro atoms. The predicted octanol–water partition coefficient (Wildman–Crippen LogP) is 1.64. The quantitative estimate of drug-likeness (QED) is 0.778. The van der Waals surface area contributed by atoms with Crippen molar-refractivity contribution < 1.29 is 4.79 Å². The van der Waals surface area contributed by atoms with E-state index in [0.717, 1.165) is 31.9 Å². The maximum absolute atomic E-state index is 12.1. The maximum Gasteiger partial charge on any atom is 0.239 e. The van der Waals surface area contributed by atoms with E-state index in [9.17, 15) is 4.79 Å². The zero-order valence-electron chi connectivity index (χ0n) is 12.5. The van der Waals surface area contributed by atoms with Gasteiger partial charge in [0, 0.05) is 32.0 Å². The van der Waals surface area contributed by atoms with E-state index < -0.39 is 0 Å². The van der Waals surface area contributed by atoms with Gasteiger partial charge in [0.2, 0.25) is 5.91 Å². The lowest BCUT2D eigenvalue weighted by atomic mass is 10.2. The van der Waals surface area contributed by atoms with E-state index in [4.69, 9.17) is 0 Å². The molecule has 0 aliphatic rings. The molecule has 1 unspecified atom stereocenters. The van der Waals surface area contributed by atoms with Crippen molar-refractivity contribution in [2.75, 3.05) is 13.1 Å². The highest BCUT2D eigenvalue weighted by atomic mass is 16.2. The average molecular weight is 266 g/mol. The fourth-order valence-electron chi connectivity index (χ4n) is 2.09. The number of nitrogens with one attached hydrogen (secondary N) is 1. The Labute approximate surface area is 116 Å². The summed E-state index contributed by atoms with van der Waals surface area (Å²) in [7, 11) is 0.